The van der Waals surface area contributed by atoms with Gasteiger partial charge in [-0.2, -0.15) is 13.2 Å². The number of hydrogen-bond acceptors (Lipinski definition) is 6. The van der Waals surface area contributed by atoms with E-state index in [4.69, 9.17) is 16.6 Å². The number of ether oxygens (including phenoxy) is 1. The molecule has 0 radical (unpaired) electrons. The Kier molecular flexibility index (Phi) is 6.11. The standard InChI is InChI=1S/C19H14F3N3O5S/c1-10-4-17(26)30-16-7-11(2-3-15(10)16)23-18(31)24-12-5-13(25(27)28)8-14(6-12)29-9-19(20,21)22/h2-8H,9H2,1H3,(H2,23,24,31). The number of nitro groups is 1. The number of benzene rings is 2. The number of rotatable bonds is 5. The SMILES string of the molecule is Cc1cc(=O)oc2cc(NC(=S)Nc3cc(OCC(F)(F)F)cc([N+](=O)[O-])c3)ccc12. The smallest absolute Gasteiger partial charge is 0.422 e. The van der Waals surface area contributed by atoms with Crippen LogP contribution < -0.4 is 21.0 Å². The first-order valence-electron chi connectivity index (χ1n) is 8.62. The number of thiocarbonyl (C=S) groups is 1. The van der Waals surface area contributed by atoms with E-state index in [9.17, 15) is 28.1 Å². The maximum absolute atomic E-state index is 12.4. The van der Waals surface area contributed by atoms with E-state index in [0.29, 0.717) is 11.3 Å². The quantitative estimate of drug-likeness (QED) is 0.247. The number of anilines is 2. The van der Waals surface area contributed by atoms with E-state index in [1.807, 2.05) is 0 Å². The number of nitro benzene ring substituents is 1. The lowest BCUT2D eigenvalue weighted by atomic mass is 10.1. The van der Waals surface area contributed by atoms with Crippen molar-refractivity contribution >= 4 is 45.4 Å². The Morgan fingerprint density at radius 1 is 1.16 bits per heavy atom. The average molecular weight is 453 g/mol. The number of fused-ring (bicyclic) bond motifs is 1. The van der Waals surface area contributed by atoms with Crippen molar-refractivity contribution in [3.63, 3.8) is 0 Å². The molecule has 162 valence electrons. The van der Waals surface area contributed by atoms with Crippen molar-refractivity contribution in [1.29, 1.82) is 0 Å². The van der Waals surface area contributed by atoms with E-state index in [1.54, 1.807) is 25.1 Å². The Morgan fingerprint density at radius 2 is 1.87 bits per heavy atom. The van der Waals surface area contributed by atoms with Gasteiger partial charge in [0.15, 0.2) is 11.7 Å². The van der Waals surface area contributed by atoms with Crippen molar-refractivity contribution in [1.82, 2.24) is 0 Å². The van der Waals surface area contributed by atoms with Gasteiger partial charge in [-0.1, -0.05) is 0 Å². The predicted octanol–water partition coefficient (Wildman–Crippen LogP) is 4.76. The van der Waals surface area contributed by atoms with Crippen LogP contribution >= 0.6 is 12.2 Å². The maximum atomic E-state index is 12.4. The molecule has 12 heteroatoms. The van der Waals surface area contributed by atoms with Crippen LogP contribution in [0.5, 0.6) is 5.75 Å². The van der Waals surface area contributed by atoms with Gasteiger partial charge in [0.2, 0.25) is 0 Å². The van der Waals surface area contributed by atoms with Crippen LogP contribution in [0.3, 0.4) is 0 Å². The minimum Gasteiger partial charge on any atom is -0.484 e. The molecule has 3 rings (SSSR count). The number of non-ortho nitro benzene ring substituents is 1. The van der Waals surface area contributed by atoms with Crippen molar-refractivity contribution < 1.29 is 27.2 Å². The summed E-state index contributed by atoms with van der Waals surface area (Å²) >= 11 is 5.16. The molecule has 0 unspecified atom stereocenters. The Labute approximate surface area is 177 Å². The van der Waals surface area contributed by atoms with Crippen LogP contribution in [0.4, 0.5) is 30.2 Å². The predicted molar refractivity (Wildman–Crippen MR) is 112 cm³/mol. The molecule has 0 atom stereocenters. The van der Waals surface area contributed by atoms with Crippen molar-refractivity contribution in [3.8, 4) is 5.75 Å². The topological polar surface area (TPSA) is 107 Å². The molecule has 0 spiro atoms. The van der Waals surface area contributed by atoms with Crippen LogP contribution in [-0.4, -0.2) is 22.8 Å². The number of alkyl halides is 3. The summed E-state index contributed by atoms with van der Waals surface area (Å²) in [6, 6.07) is 9.42. The van der Waals surface area contributed by atoms with Crippen LogP contribution in [-0.2, 0) is 0 Å². The average Bonchev–Trinajstić information content (AvgIpc) is 2.65. The zero-order valence-electron chi connectivity index (χ0n) is 15.8. The van der Waals surface area contributed by atoms with Crippen LogP contribution in [0.25, 0.3) is 11.0 Å². The van der Waals surface area contributed by atoms with Gasteiger partial charge < -0.3 is 19.8 Å². The summed E-state index contributed by atoms with van der Waals surface area (Å²) in [5.41, 5.74) is 0.584. The first-order chi connectivity index (χ1) is 14.5. The van der Waals surface area contributed by atoms with Gasteiger partial charge in [-0.05, 0) is 36.8 Å². The molecule has 0 aliphatic heterocycles. The third-order valence-electron chi connectivity index (χ3n) is 3.97. The summed E-state index contributed by atoms with van der Waals surface area (Å²) in [7, 11) is 0. The summed E-state index contributed by atoms with van der Waals surface area (Å²) in [6.45, 7) is 0.164. The van der Waals surface area contributed by atoms with E-state index >= 15 is 0 Å². The Balaban J connectivity index is 1.79. The van der Waals surface area contributed by atoms with Gasteiger partial charge in [-0.3, -0.25) is 10.1 Å². The summed E-state index contributed by atoms with van der Waals surface area (Å²) in [4.78, 5) is 21.9. The van der Waals surface area contributed by atoms with Gasteiger partial charge in [0, 0.05) is 35.3 Å². The van der Waals surface area contributed by atoms with E-state index in [-0.39, 0.29) is 16.5 Å². The summed E-state index contributed by atoms with van der Waals surface area (Å²) in [5, 5.41) is 17.3. The van der Waals surface area contributed by atoms with Gasteiger partial charge in [0.05, 0.1) is 16.7 Å². The van der Waals surface area contributed by atoms with Gasteiger partial charge in [0.1, 0.15) is 11.3 Å². The largest absolute Gasteiger partial charge is 0.484 e. The zero-order valence-corrected chi connectivity index (χ0v) is 16.6. The van der Waals surface area contributed by atoms with Crippen molar-refractivity contribution in [2.24, 2.45) is 0 Å². The maximum Gasteiger partial charge on any atom is 0.422 e. The van der Waals surface area contributed by atoms with Crippen molar-refractivity contribution in [2.45, 2.75) is 13.1 Å². The number of nitrogens with one attached hydrogen (secondary N) is 2. The lowest BCUT2D eigenvalue weighted by Gasteiger charge is -2.13. The molecule has 0 aliphatic rings. The molecular formula is C19H14F3N3O5S. The molecule has 2 N–H and O–H groups in total. The highest BCUT2D eigenvalue weighted by atomic mass is 32.1. The lowest BCUT2D eigenvalue weighted by Crippen LogP contribution is -2.20. The van der Waals surface area contributed by atoms with E-state index in [1.165, 1.54) is 6.07 Å². The van der Waals surface area contributed by atoms with Crippen LogP contribution in [0.2, 0.25) is 0 Å². The van der Waals surface area contributed by atoms with Crippen LogP contribution in [0, 0.1) is 17.0 Å². The minimum atomic E-state index is -4.60. The number of hydrogen-bond donors (Lipinski definition) is 2. The molecule has 1 aromatic heterocycles. The fraction of sp³-hybridized carbons (Fsp3) is 0.158. The Hall–Kier alpha value is -3.67. The molecule has 0 aliphatic carbocycles. The summed E-state index contributed by atoms with van der Waals surface area (Å²) < 4.78 is 46.9. The van der Waals surface area contributed by atoms with Crippen molar-refractivity contribution in [2.75, 3.05) is 17.2 Å². The van der Waals surface area contributed by atoms with E-state index < -0.39 is 29.0 Å². The highest BCUT2D eigenvalue weighted by molar-refractivity contribution is 7.80. The molecule has 3 aromatic rings. The second kappa shape index (κ2) is 8.60. The third kappa shape index (κ3) is 5.92. The second-order valence-electron chi connectivity index (χ2n) is 6.42. The fourth-order valence-electron chi connectivity index (χ4n) is 2.71. The molecular weight excluding hydrogens is 439 g/mol. The summed E-state index contributed by atoms with van der Waals surface area (Å²) in [6.07, 6.45) is -4.60. The number of nitrogens with zero attached hydrogens (tertiary/aromatic N) is 1. The molecule has 2 aromatic carbocycles. The second-order valence-corrected chi connectivity index (χ2v) is 6.82. The van der Waals surface area contributed by atoms with Gasteiger partial charge in [-0.15, -0.1) is 0 Å². The van der Waals surface area contributed by atoms with Gasteiger partial charge in [0.25, 0.3) is 5.69 Å². The first kappa shape index (κ1) is 22.0. The molecule has 0 amide bonds. The zero-order chi connectivity index (χ0) is 22.8. The molecule has 0 fully saturated rings. The molecule has 1 heterocycles. The van der Waals surface area contributed by atoms with Crippen LogP contribution in [0.15, 0.2) is 51.7 Å². The summed E-state index contributed by atoms with van der Waals surface area (Å²) in [5.74, 6) is -0.347. The van der Waals surface area contributed by atoms with E-state index in [2.05, 4.69) is 15.4 Å². The highest BCUT2D eigenvalue weighted by Gasteiger charge is 2.28. The Bertz CT molecular complexity index is 1230. The van der Waals surface area contributed by atoms with Gasteiger partial charge in [-0.25, -0.2) is 4.79 Å². The molecule has 8 nitrogen and oxygen atoms in total. The normalized spacial score (nSPS) is 11.2. The first-order valence-corrected chi connectivity index (χ1v) is 9.02. The molecule has 0 bridgehead atoms. The fourth-order valence-corrected chi connectivity index (χ4v) is 2.94. The molecule has 0 saturated heterocycles. The highest BCUT2D eigenvalue weighted by Crippen LogP contribution is 2.28. The minimum absolute atomic E-state index is 0.00313. The molecule has 0 saturated carbocycles. The number of aryl methyl sites for hydroxylation is 1. The van der Waals surface area contributed by atoms with Crippen molar-refractivity contribution in [3.05, 3.63) is 68.6 Å². The van der Waals surface area contributed by atoms with Gasteiger partial charge >= 0.3 is 11.8 Å². The van der Waals surface area contributed by atoms with E-state index in [0.717, 1.165) is 29.1 Å². The third-order valence-corrected chi connectivity index (χ3v) is 4.18. The van der Waals surface area contributed by atoms with Crippen LogP contribution in [0.1, 0.15) is 5.56 Å². The molecule has 31 heavy (non-hydrogen) atoms. The number of halogens is 3. The monoisotopic (exact) mass is 453 g/mol. The lowest BCUT2D eigenvalue weighted by molar-refractivity contribution is -0.384. The Morgan fingerprint density at radius 3 is 2.55 bits per heavy atom.